The molecule has 2 N–H and O–H groups in total. The molecule has 0 aromatic carbocycles. The number of thioether (sulfide) groups is 1. The number of primary amides is 1. The standard InChI is InChI=1S/C11H15N3O3S2/c1-7-8(6-9(12)15)19-10(13-7)18-5-3-14-2-4-17-11(14)16/h2-6H2,1H3,(H2,12,15). The molecule has 8 heteroatoms. The minimum Gasteiger partial charge on any atom is -0.448 e. The molecule has 1 fully saturated rings. The van der Waals surface area contributed by atoms with E-state index in [2.05, 4.69) is 4.98 Å². The molecule has 1 aromatic rings. The Morgan fingerprint density at radius 3 is 3.05 bits per heavy atom. The van der Waals surface area contributed by atoms with Crippen molar-refractivity contribution >= 4 is 35.1 Å². The van der Waals surface area contributed by atoms with Crippen LogP contribution in [0.4, 0.5) is 4.79 Å². The van der Waals surface area contributed by atoms with Crippen LogP contribution in [-0.2, 0) is 16.0 Å². The van der Waals surface area contributed by atoms with Crippen molar-refractivity contribution in [3.05, 3.63) is 10.6 Å². The van der Waals surface area contributed by atoms with Crippen LogP contribution in [-0.4, -0.2) is 47.3 Å². The zero-order chi connectivity index (χ0) is 13.8. The quantitative estimate of drug-likeness (QED) is 0.793. The molecule has 1 saturated heterocycles. The van der Waals surface area contributed by atoms with Gasteiger partial charge in [0.05, 0.1) is 18.7 Å². The summed E-state index contributed by atoms with van der Waals surface area (Å²) in [6.07, 6.45) is -0.00646. The molecule has 0 atom stereocenters. The van der Waals surface area contributed by atoms with Crippen molar-refractivity contribution in [2.45, 2.75) is 17.7 Å². The summed E-state index contributed by atoms with van der Waals surface area (Å²) in [7, 11) is 0. The maximum absolute atomic E-state index is 11.2. The number of rotatable bonds is 6. The molecule has 0 radical (unpaired) electrons. The van der Waals surface area contributed by atoms with Crippen molar-refractivity contribution in [2.24, 2.45) is 5.73 Å². The number of nitrogens with two attached hydrogens (primary N) is 1. The van der Waals surface area contributed by atoms with Gasteiger partial charge in [-0.15, -0.1) is 11.3 Å². The maximum Gasteiger partial charge on any atom is 0.409 e. The van der Waals surface area contributed by atoms with Crippen LogP contribution in [0.25, 0.3) is 0 Å². The topological polar surface area (TPSA) is 85.5 Å². The highest BCUT2D eigenvalue weighted by molar-refractivity contribution is 8.01. The summed E-state index contributed by atoms with van der Waals surface area (Å²) in [4.78, 5) is 29.1. The summed E-state index contributed by atoms with van der Waals surface area (Å²) < 4.78 is 5.75. The van der Waals surface area contributed by atoms with Gasteiger partial charge in [-0.1, -0.05) is 11.8 Å². The fraction of sp³-hybridized carbons (Fsp3) is 0.545. The Kier molecular flexibility index (Phi) is 4.65. The smallest absolute Gasteiger partial charge is 0.409 e. The summed E-state index contributed by atoms with van der Waals surface area (Å²) >= 11 is 3.06. The second-order valence-corrected chi connectivity index (χ2v) is 6.51. The van der Waals surface area contributed by atoms with Crippen molar-refractivity contribution < 1.29 is 14.3 Å². The van der Waals surface area contributed by atoms with Gasteiger partial charge in [-0.2, -0.15) is 0 Å². The minimum absolute atomic E-state index is 0.239. The van der Waals surface area contributed by atoms with Gasteiger partial charge in [0.25, 0.3) is 0 Å². The number of nitrogens with zero attached hydrogens (tertiary/aromatic N) is 2. The van der Waals surface area contributed by atoms with E-state index in [9.17, 15) is 9.59 Å². The van der Waals surface area contributed by atoms with Crippen molar-refractivity contribution in [3.63, 3.8) is 0 Å². The van der Waals surface area contributed by atoms with Gasteiger partial charge in [0.1, 0.15) is 10.9 Å². The number of amides is 2. The first-order valence-electron chi connectivity index (χ1n) is 5.85. The van der Waals surface area contributed by atoms with E-state index in [0.717, 1.165) is 20.7 Å². The van der Waals surface area contributed by atoms with Crippen LogP contribution in [0.2, 0.25) is 0 Å². The number of aryl methyl sites for hydroxylation is 1. The van der Waals surface area contributed by atoms with Gasteiger partial charge < -0.3 is 15.4 Å². The van der Waals surface area contributed by atoms with Crippen molar-refractivity contribution in [1.29, 1.82) is 0 Å². The Hall–Kier alpha value is -1.28. The van der Waals surface area contributed by atoms with Crippen LogP contribution in [0.1, 0.15) is 10.6 Å². The van der Waals surface area contributed by atoms with E-state index in [-0.39, 0.29) is 18.4 Å². The lowest BCUT2D eigenvalue weighted by Crippen LogP contribution is -2.26. The van der Waals surface area contributed by atoms with E-state index >= 15 is 0 Å². The van der Waals surface area contributed by atoms with Gasteiger partial charge in [-0.05, 0) is 6.92 Å². The zero-order valence-electron chi connectivity index (χ0n) is 10.5. The van der Waals surface area contributed by atoms with Crippen LogP contribution in [0, 0.1) is 6.92 Å². The molecule has 0 aliphatic carbocycles. The zero-order valence-corrected chi connectivity index (χ0v) is 12.2. The minimum atomic E-state index is -0.344. The monoisotopic (exact) mass is 301 g/mol. The Balaban J connectivity index is 1.82. The molecule has 2 amide bonds. The summed E-state index contributed by atoms with van der Waals surface area (Å²) in [6.45, 7) is 3.65. The van der Waals surface area contributed by atoms with Gasteiger partial charge in [0.15, 0.2) is 0 Å². The number of ether oxygens (including phenoxy) is 1. The van der Waals surface area contributed by atoms with E-state index in [1.807, 2.05) is 6.92 Å². The highest BCUT2D eigenvalue weighted by Gasteiger charge is 2.21. The van der Waals surface area contributed by atoms with Crippen LogP contribution in [0.3, 0.4) is 0 Å². The SMILES string of the molecule is Cc1nc(SCCN2CCOC2=O)sc1CC(N)=O. The lowest BCUT2D eigenvalue weighted by molar-refractivity contribution is -0.117. The summed E-state index contributed by atoms with van der Waals surface area (Å²) in [6, 6.07) is 0. The molecule has 1 aromatic heterocycles. The maximum atomic E-state index is 11.2. The summed E-state index contributed by atoms with van der Waals surface area (Å²) in [5.74, 6) is 0.418. The van der Waals surface area contributed by atoms with Gasteiger partial charge >= 0.3 is 6.09 Å². The molecule has 2 heterocycles. The van der Waals surface area contributed by atoms with Crippen LogP contribution < -0.4 is 5.73 Å². The van der Waals surface area contributed by atoms with Gasteiger partial charge in [0.2, 0.25) is 5.91 Å². The normalized spacial score (nSPS) is 14.8. The lowest BCUT2D eigenvalue weighted by atomic mass is 10.3. The van der Waals surface area contributed by atoms with E-state index in [1.54, 1.807) is 16.7 Å². The van der Waals surface area contributed by atoms with Crippen LogP contribution in [0.5, 0.6) is 0 Å². The number of cyclic esters (lactones) is 1. The molecular formula is C11H15N3O3S2. The third-order valence-corrected chi connectivity index (χ3v) is 4.92. The Morgan fingerprint density at radius 1 is 1.63 bits per heavy atom. The third-order valence-electron chi connectivity index (χ3n) is 2.64. The molecule has 0 unspecified atom stereocenters. The van der Waals surface area contributed by atoms with Gasteiger partial charge in [-0.3, -0.25) is 4.79 Å². The molecule has 1 aliphatic heterocycles. The first kappa shape index (κ1) is 14.1. The average molecular weight is 301 g/mol. The van der Waals surface area contributed by atoms with Crippen molar-refractivity contribution in [2.75, 3.05) is 25.4 Å². The molecule has 0 saturated carbocycles. The number of carbonyl (C=O) groups is 2. The molecule has 19 heavy (non-hydrogen) atoms. The van der Waals surface area contributed by atoms with Crippen LogP contribution in [0.15, 0.2) is 4.34 Å². The third kappa shape index (κ3) is 3.84. The van der Waals surface area contributed by atoms with E-state index < -0.39 is 0 Å². The largest absolute Gasteiger partial charge is 0.448 e. The Labute approximate surface area is 119 Å². The number of hydrogen-bond acceptors (Lipinski definition) is 6. The van der Waals surface area contributed by atoms with E-state index in [4.69, 9.17) is 10.5 Å². The summed E-state index contributed by atoms with van der Waals surface area (Å²) in [5.41, 5.74) is 6.03. The lowest BCUT2D eigenvalue weighted by Gasteiger charge is -2.10. The molecule has 6 nitrogen and oxygen atoms in total. The van der Waals surface area contributed by atoms with Gasteiger partial charge in [-0.25, -0.2) is 9.78 Å². The molecule has 0 spiro atoms. The highest BCUT2D eigenvalue weighted by Crippen LogP contribution is 2.27. The number of aromatic nitrogens is 1. The highest BCUT2D eigenvalue weighted by atomic mass is 32.2. The molecule has 1 aliphatic rings. The fourth-order valence-corrected chi connectivity index (χ4v) is 3.93. The number of thiazole rings is 1. The van der Waals surface area contributed by atoms with Crippen molar-refractivity contribution in [1.82, 2.24) is 9.88 Å². The van der Waals surface area contributed by atoms with E-state index in [1.165, 1.54) is 11.3 Å². The predicted octanol–water partition coefficient (Wildman–Crippen LogP) is 1.02. The van der Waals surface area contributed by atoms with E-state index in [0.29, 0.717) is 19.7 Å². The molecule has 104 valence electrons. The average Bonchev–Trinajstić information content (AvgIpc) is 2.87. The first-order chi connectivity index (χ1) is 9.06. The number of hydrogen-bond donors (Lipinski definition) is 1. The predicted molar refractivity (Wildman–Crippen MR) is 73.4 cm³/mol. The van der Waals surface area contributed by atoms with Crippen LogP contribution >= 0.6 is 23.1 Å². The molecular weight excluding hydrogens is 286 g/mol. The Bertz CT molecular complexity index is 490. The molecule has 0 bridgehead atoms. The fourth-order valence-electron chi connectivity index (χ4n) is 1.66. The first-order valence-corrected chi connectivity index (χ1v) is 7.65. The van der Waals surface area contributed by atoms with Crippen molar-refractivity contribution in [3.8, 4) is 0 Å². The summed E-state index contributed by atoms with van der Waals surface area (Å²) in [5, 5.41) is 0. The second kappa shape index (κ2) is 6.25. The molecule has 2 rings (SSSR count). The Morgan fingerprint density at radius 2 is 2.42 bits per heavy atom. The second-order valence-electron chi connectivity index (χ2n) is 4.08. The number of carbonyl (C=O) groups excluding carboxylic acids is 2. The van der Waals surface area contributed by atoms with Gasteiger partial charge in [0, 0.05) is 17.2 Å².